The van der Waals surface area contributed by atoms with E-state index in [0.717, 1.165) is 16.9 Å². The minimum Gasteiger partial charge on any atom is -0.497 e. The van der Waals surface area contributed by atoms with Gasteiger partial charge in [0.15, 0.2) is 0 Å². The van der Waals surface area contributed by atoms with Gasteiger partial charge in [-0.15, -0.1) is 0 Å². The summed E-state index contributed by atoms with van der Waals surface area (Å²) in [5.74, 6) is 1.04. The molecular formula is C23H22N4O4S. The zero-order valence-corrected chi connectivity index (χ0v) is 18.4. The summed E-state index contributed by atoms with van der Waals surface area (Å²) in [7, 11) is -0.355. The van der Waals surface area contributed by atoms with Crippen LogP contribution < -0.4 is 14.8 Å². The summed E-state index contributed by atoms with van der Waals surface area (Å²) in [6, 6.07) is 20.0. The summed E-state index contributed by atoms with van der Waals surface area (Å²) in [6.45, 7) is 0.253. The van der Waals surface area contributed by atoms with Crippen LogP contribution in [0, 0.1) is 0 Å². The maximum absolute atomic E-state index is 12.6. The summed E-state index contributed by atoms with van der Waals surface area (Å²) < 4.78 is 34.7. The van der Waals surface area contributed by atoms with Crippen LogP contribution in [-0.4, -0.2) is 31.0 Å². The van der Waals surface area contributed by atoms with E-state index in [-0.39, 0.29) is 17.3 Å². The van der Waals surface area contributed by atoms with E-state index in [1.54, 1.807) is 24.3 Å². The Balaban J connectivity index is 1.42. The van der Waals surface area contributed by atoms with Crippen LogP contribution in [0.1, 0.15) is 16.2 Å². The molecule has 3 aromatic carbocycles. The van der Waals surface area contributed by atoms with Crippen molar-refractivity contribution in [1.29, 1.82) is 0 Å². The monoisotopic (exact) mass is 450 g/mol. The first-order chi connectivity index (χ1) is 15.4. The number of ether oxygens (including phenoxy) is 1. The smallest absolute Gasteiger partial charge is 0.261 e. The number of nitrogens with zero attached hydrogens (tertiary/aromatic N) is 2. The number of amides is 1. The molecule has 0 fully saturated rings. The van der Waals surface area contributed by atoms with E-state index in [2.05, 4.69) is 15.0 Å². The van der Waals surface area contributed by atoms with Crippen LogP contribution in [0.5, 0.6) is 5.75 Å². The fourth-order valence-electron chi connectivity index (χ4n) is 3.27. The fraction of sp³-hybridized carbons (Fsp3) is 0.130. The largest absolute Gasteiger partial charge is 0.497 e. The van der Waals surface area contributed by atoms with Gasteiger partial charge in [-0.1, -0.05) is 12.1 Å². The number of nitrogens with one attached hydrogen (secondary N) is 2. The van der Waals surface area contributed by atoms with Crippen molar-refractivity contribution in [3.8, 4) is 5.75 Å². The van der Waals surface area contributed by atoms with Gasteiger partial charge in [0.25, 0.3) is 15.9 Å². The predicted octanol–water partition coefficient (Wildman–Crippen LogP) is 3.31. The molecule has 2 N–H and O–H groups in total. The second kappa shape index (κ2) is 8.72. The SMILES string of the molecule is COc1ccc(NS(=O)(=O)c2ccc(C(=O)NCc3nc4ccccc4n3C)cc2)cc1. The number of para-hydroxylation sites is 2. The van der Waals surface area contributed by atoms with Crippen LogP contribution >= 0.6 is 0 Å². The summed E-state index contributed by atoms with van der Waals surface area (Å²) in [5.41, 5.74) is 2.61. The maximum Gasteiger partial charge on any atom is 0.261 e. The number of benzene rings is 3. The van der Waals surface area contributed by atoms with Gasteiger partial charge < -0.3 is 14.6 Å². The normalized spacial score (nSPS) is 11.3. The molecule has 0 unspecified atom stereocenters. The second-order valence-electron chi connectivity index (χ2n) is 7.12. The molecule has 4 rings (SSSR count). The van der Waals surface area contributed by atoms with E-state index < -0.39 is 10.0 Å². The number of aromatic nitrogens is 2. The highest BCUT2D eigenvalue weighted by molar-refractivity contribution is 7.92. The van der Waals surface area contributed by atoms with Crippen LogP contribution in [0.25, 0.3) is 11.0 Å². The van der Waals surface area contributed by atoms with Gasteiger partial charge in [-0.2, -0.15) is 0 Å². The molecule has 8 nitrogen and oxygen atoms in total. The van der Waals surface area contributed by atoms with Crippen molar-refractivity contribution in [1.82, 2.24) is 14.9 Å². The highest BCUT2D eigenvalue weighted by Crippen LogP contribution is 2.20. The van der Waals surface area contributed by atoms with E-state index in [1.165, 1.54) is 31.4 Å². The quantitative estimate of drug-likeness (QED) is 0.450. The van der Waals surface area contributed by atoms with Crippen LogP contribution in [-0.2, 0) is 23.6 Å². The minimum absolute atomic E-state index is 0.0558. The predicted molar refractivity (Wildman–Crippen MR) is 122 cm³/mol. The lowest BCUT2D eigenvalue weighted by Crippen LogP contribution is -2.24. The van der Waals surface area contributed by atoms with Gasteiger partial charge in [-0.25, -0.2) is 13.4 Å². The molecule has 0 saturated carbocycles. The van der Waals surface area contributed by atoms with Crippen LogP contribution in [0.3, 0.4) is 0 Å². The highest BCUT2D eigenvalue weighted by Gasteiger charge is 2.16. The molecule has 32 heavy (non-hydrogen) atoms. The molecule has 0 aliphatic heterocycles. The molecule has 1 amide bonds. The van der Waals surface area contributed by atoms with Gasteiger partial charge in [-0.05, 0) is 60.7 Å². The molecular weight excluding hydrogens is 428 g/mol. The van der Waals surface area contributed by atoms with E-state index in [0.29, 0.717) is 17.0 Å². The third kappa shape index (κ3) is 4.42. The van der Waals surface area contributed by atoms with Crippen LogP contribution in [0.15, 0.2) is 77.7 Å². The molecule has 9 heteroatoms. The number of carbonyl (C=O) groups excluding carboxylic acids is 1. The lowest BCUT2D eigenvalue weighted by Gasteiger charge is -2.10. The Kier molecular flexibility index (Phi) is 5.83. The Morgan fingerprint density at radius 3 is 2.34 bits per heavy atom. The first-order valence-electron chi connectivity index (χ1n) is 9.83. The number of hydrogen-bond acceptors (Lipinski definition) is 5. The zero-order valence-electron chi connectivity index (χ0n) is 17.6. The summed E-state index contributed by atoms with van der Waals surface area (Å²) in [4.78, 5) is 17.1. The van der Waals surface area contributed by atoms with Gasteiger partial charge >= 0.3 is 0 Å². The summed E-state index contributed by atoms with van der Waals surface area (Å²) >= 11 is 0. The van der Waals surface area contributed by atoms with Gasteiger partial charge in [0, 0.05) is 18.3 Å². The molecule has 0 radical (unpaired) electrons. The molecule has 0 saturated heterocycles. The van der Waals surface area contributed by atoms with Crippen LogP contribution in [0.4, 0.5) is 5.69 Å². The van der Waals surface area contributed by atoms with Gasteiger partial charge in [-0.3, -0.25) is 9.52 Å². The van der Waals surface area contributed by atoms with E-state index in [9.17, 15) is 13.2 Å². The lowest BCUT2D eigenvalue weighted by molar-refractivity contribution is 0.0949. The number of methoxy groups -OCH3 is 1. The van der Waals surface area contributed by atoms with Gasteiger partial charge in [0.1, 0.15) is 11.6 Å². The third-order valence-electron chi connectivity index (χ3n) is 5.06. The lowest BCUT2D eigenvalue weighted by atomic mass is 10.2. The molecule has 1 aromatic heterocycles. The number of fused-ring (bicyclic) bond motifs is 1. The van der Waals surface area contributed by atoms with Crippen LogP contribution in [0.2, 0.25) is 0 Å². The number of hydrogen-bond donors (Lipinski definition) is 2. The first-order valence-corrected chi connectivity index (χ1v) is 11.3. The van der Waals surface area contributed by atoms with Gasteiger partial charge in [0.2, 0.25) is 0 Å². The second-order valence-corrected chi connectivity index (χ2v) is 8.80. The summed E-state index contributed by atoms with van der Waals surface area (Å²) in [5, 5.41) is 2.83. The maximum atomic E-state index is 12.6. The number of rotatable bonds is 7. The van der Waals surface area contributed by atoms with E-state index in [4.69, 9.17) is 4.74 Å². The number of imidazole rings is 1. The Morgan fingerprint density at radius 1 is 1.00 bits per heavy atom. The Morgan fingerprint density at radius 2 is 1.69 bits per heavy atom. The van der Waals surface area contributed by atoms with Crippen molar-refractivity contribution in [3.63, 3.8) is 0 Å². The van der Waals surface area contributed by atoms with Crippen molar-refractivity contribution < 1.29 is 17.9 Å². The standard InChI is InChI=1S/C23H22N4O4S/c1-27-21-6-4-3-5-20(21)25-22(27)15-24-23(28)16-7-13-19(14-8-16)32(29,30)26-17-9-11-18(31-2)12-10-17/h3-14,26H,15H2,1-2H3,(H,24,28). The van der Waals surface area contributed by atoms with Crippen molar-refractivity contribution in [3.05, 3.63) is 84.2 Å². The number of anilines is 1. The first kappa shape index (κ1) is 21.4. The average Bonchev–Trinajstić information content (AvgIpc) is 3.13. The van der Waals surface area contributed by atoms with Crippen molar-refractivity contribution in [2.24, 2.45) is 7.05 Å². The topological polar surface area (TPSA) is 102 Å². The minimum atomic E-state index is -3.79. The van der Waals surface area contributed by atoms with Crippen molar-refractivity contribution in [2.45, 2.75) is 11.4 Å². The average molecular weight is 451 g/mol. The Bertz CT molecular complexity index is 1360. The van der Waals surface area contributed by atoms with Gasteiger partial charge in [0.05, 0.1) is 29.6 Å². The Labute approximate surface area is 185 Å². The molecule has 0 atom stereocenters. The fourth-order valence-corrected chi connectivity index (χ4v) is 4.33. The molecule has 1 heterocycles. The number of carbonyl (C=O) groups is 1. The number of sulfonamides is 1. The van der Waals surface area contributed by atoms with Crippen molar-refractivity contribution in [2.75, 3.05) is 11.8 Å². The molecule has 0 aliphatic rings. The number of aryl methyl sites for hydroxylation is 1. The third-order valence-corrected chi connectivity index (χ3v) is 6.45. The Hall–Kier alpha value is -3.85. The highest BCUT2D eigenvalue weighted by atomic mass is 32.2. The molecule has 0 aliphatic carbocycles. The van der Waals surface area contributed by atoms with E-state index >= 15 is 0 Å². The molecule has 0 spiro atoms. The summed E-state index contributed by atoms with van der Waals surface area (Å²) in [6.07, 6.45) is 0. The molecule has 164 valence electrons. The van der Waals surface area contributed by atoms with E-state index in [1.807, 2.05) is 35.9 Å². The molecule has 0 bridgehead atoms. The molecule has 4 aromatic rings. The zero-order chi connectivity index (χ0) is 22.7. The van der Waals surface area contributed by atoms with Crippen molar-refractivity contribution >= 4 is 32.7 Å².